The van der Waals surface area contributed by atoms with E-state index in [9.17, 15) is 27.2 Å². The Morgan fingerprint density at radius 2 is 1.69 bits per heavy atom. The number of thioether (sulfide) groups is 1. The Morgan fingerprint density at radius 3 is 2.41 bits per heavy atom. The molecule has 0 aliphatic carbocycles. The third-order valence-electron chi connectivity index (χ3n) is 5.65. The number of benzene rings is 3. The number of rotatable bonds is 8. The van der Waals surface area contributed by atoms with Gasteiger partial charge in [0, 0.05) is 5.69 Å². The Balaban J connectivity index is 1.57. The van der Waals surface area contributed by atoms with Crippen LogP contribution in [0.25, 0.3) is 5.69 Å². The van der Waals surface area contributed by atoms with E-state index in [4.69, 9.17) is 0 Å². The van der Waals surface area contributed by atoms with Crippen molar-refractivity contribution in [2.75, 3.05) is 11.1 Å². The quantitative estimate of drug-likeness (QED) is 0.214. The lowest BCUT2D eigenvalue weighted by Gasteiger charge is -2.15. The van der Waals surface area contributed by atoms with Crippen LogP contribution in [0.5, 0.6) is 0 Å². The van der Waals surface area contributed by atoms with Crippen LogP contribution in [-0.2, 0) is 17.5 Å². The van der Waals surface area contributed by atoms with Crippen LogP contribution < -0.4 is 10.6 Å². The number of hydrogen-bond donors (Lipinski definition) is 2. The Hall–Kier alpha value is -4.19. The van der Waals surface area contributed by atoms with E-state index in [-0.39, 0.29) is 24.0 Å². The Morgan fingerprint density at radius 1 is 0.974 bits per heavy atom. The molecule has 202 valence electrons. The summed E-state index contributed by atoms with van der Waals surface area (Å²) in [6.07, 6.45) is -4.69. The molecule has 0 radical (unpaired) electrons. The van der Waals surface area contributed by atoms with Crippen molar-refractivity contribution < 1.29 is 27.2 Å². The first kappa shape index (κ1) is 27.8. The SMILES string of the molecule is Cc1ccc(C)c(-n2c(CNC(=O)c3ccccc3C(F)(F)F)nnc2SCC(=O)Nc2ccc(F)cc2)c1. The number of nitrogens with one attached hydrogen (secondary N) is 2. The van der Waals surface area contributed by atoms with Crippen LogP contribution in [0.3, 0.4) is 0 Å². The zero-order valence-electron chi connectivity index (χ0n) is 20.8. The maximum Gasteiger partial charge on any atom is 0.417 e. The standard InChI is InChI=1S/C27H23F4N5O2S/c1-16-7-8-17(2)22(13-16)36-23(14-32-25(38)20-5-3-4-6-21(20)27(29,30)31)34-35-26(36)39-15-24(37)33-19-11-9-18(28)10-12-19/h3-13H,14-15H2,1-2H3,(H,32,38)(H,33,37). The molecule has 0 aliphatic heterocycles. The van der Waals surface area contributed by atoms with Crippen LogP contribution >= 0.6 is 11.8 Å². The fourth-order valence-corrected chi connectivity index (χ4v) is 4.52. The van der Waals surface area contributed by atoms with Gasteiger partial charge in [-0.15, -0.1) is 10.2 Å². The average Bonchev–Trinajstić information content (AvgIpc) is 3.30. The number of anilines is 1. The van der Waals surface area contributed by atoms with Gasteiger partial charge >= 0.3 is 6.18 Å². The summed E-state index contributed by atoms with van der Waals surface area (Å²) in [5.41, 5.74) is 1.37. The summed E-state index contributed by atoms with van der Waals surface area (Å²) in [7, 11) is 0. The fourth-order valence-electron chi connectivity index (χ4n) is 3.75. The fraction of sp³-hybridized carbons (Fsp3) is 0.185. The number of carbonyl (C=O) groups excluding carboxylic acids is 2. The van der Waals surface area contributed by atoms with E-state index >= 15 is 0 Å². The molecule has 1 heterocycles. The van der Waals surface area contributed by atoms with Crippen molar-refractivity contribution in [3.05, 3.63) is 101 Å². The van der Waals surface area contributed by atoms with Gasteiger partial charge in [0.15, 0.2) is 11.0 Å². The van der Waals surface area contributed by atoms with Gasteiger partial charge in [0.1, 0.15) is 5.82 Å². The summed E-state index contributed by atoms with van der Waals surface area (Å²) in [5.74, 6) is -1.48. The molecule has 2 N–H and O–H groups in total. The number of aromatic nitrogens is 3. The number of alkyl halides is 3. The molecule has 2 amide bonds. The second-order valence-corrected chi connectivity index (χ2v) is 9.54. The highest BCUT2D eigenvalue weighted by atomic mass is 32.2. The van der Waals surface area contributed by atoms with Crippen molar-refractivity contribution in [3.63, 3.8) is 0 Å². The first-order valence-corrected chi connectivity index (χ1v) is 12.7. The van der Waals surface area contributed by atoms with Gasteiger partial charge in [-0.3, -0.25) is 14.2 Å². The van der Waals surface area contributed by atoms with Gasteiger partial charge in [0.25, 0.3) is 5.91 Å². The van der Waals surface area contributed by atoms with Crippen LogP contribution in [0, 0.1) is 19.7 Å². The normalized spacial score (nSPS) is 11.3. The van der Waals surface area contributed by atoms with Crippen molar-refractivity contribution >= 4 is 29.3 Å². The van der Waals surface area contributed by atoms with Gasteiger partial charge in [-0.1, -0.05) is 36.0 Å². The van der Waals surface area contributed by atoms with E-state index in [1.165, 1.54) is 36.4 Å². The summed E-state index contributed by atoms with van der Waals surface area (Å²) in [5, 5.41) is 13.9. The lowest BCUT2D eigenvalue weighted by atomic mass is 10.1. The molecule has 1 aromatic heterocycles. The van der Waals surface area contributed by atoms with Crippen molar-refractivity contribution in [2.45, 2.75) is 31.7 Å². The highest BCUT2D eigenvalue weighted by molar-refractivity contribution is 7.99. The van der Waals surface area contributed by atoms with Crippen LogP contribution in [0.1, 0.15) is 32.9 Å². The molecule has 0 saturated heterocycles. The van der Waals surface area contributed by atoms with Crippen molar-refractivity contribution in [2.24, 2.45) is 0 Å². The van der Waals surface area contributed by atoms with Crippen LogP contribution in [0.4, 0.5) is 23.2 Å². The molecule has 3 aromatic carbocycles. The van der Waals surface area contributed by atoms with Gasteiger partial charge in [0.05, 0.1) is 29.1 Å². The third-order valence-corrected chi connectivity index (χ3v) is 6.58. The lowest BCUT2D eigenvalue weighted by Crippen LogP contribution is -2.27. The molecule has 0 spiro atoms. The second kappa shape index (κ2) is 11.7. The summed E-state index contributed by atoms with van der Waals surface area (Å²) in [6.45, 7) is 3.55. The molecule has 7 nitrogen and oxygen atoms in total. The second-order valence-electron chi connectivity index (χ2n) is 8.59. The molecule has 0 atom stereocenters. The van der Waals surface area contributed by atoms with Gasteiger partial charge in [-0.2, -0.15) is 13.2 Å². The van der Waals surface area contributed by atoms with Gasteiger partial charge in [-0.05, 0) is 67.4 Å². The third kappa shape index (κ3) is 6.82. The first-order valence-electron chi connectivity index (χ1n) is 11.7. The molecule has 0 fully saturated rings. The molecule has 0 bridgehead atoms. The largest absolute Gasteiger partial charge is 0.417 e. The van der Waals surface area contributed by atoms with Crippen LogP contribution in [0.2, 0.25) is 0 Å². The van der Waals surface area contributed by atoms with E-state index in [1.807, 2.05) is 32.0 Å². The minimum Gasteiger partial charge on any atom is -0.345 e. The summed E-state index contributed by atoms with van der Waals surface area (Å²) >= 11 is 1.09. The zero-order chi connectivity index (χ0) is 28.2. The van der Waals surface area contributed by atoms with E-state index in [2.05, 4.69) is 20.8 Å². The summed E-state index contributed by atoms with van der Waals surface area (Å²) in [6, 6.07) is 15.5. The number of carbonyl (C=O) groups is 2. The summed E-state index contributed by atoms with van der Waals surface area (Å²) in [4.78, 5) is 25.2. The topological polar surface area (TPSA) is 88.9 Å². The molecule has 4 aromatic rings. The van der Waals surface area contributed by atoms with Crippen molar-refractivity contribution in [3.8, 4) is 5.69 Å². The highest BCUT2D eigenvalue weighted by Crippen LogP contribution is 2.32. The maximum atomic E-state index is 13.4. The van der Waals surface area contributed by atoms with Crippen LogP contribution in [-0.4, -0.2) is 32.3 Å². The molecule has 39 heavy (non-hydrogen) atoms. The highest BCUT2D eigenvalue weighted by Gasteiger charge is 2.34. The van der Waals surface area contributed by atoms with E-state index in [0.29, 0.717) is 16.5 Å². The molecular weight excluding hydrogens is 534 g/mol. The van der Waals surface area contributed by atoms with Gasteiger partial charge < -0.3 is 10.6 Å². The van der Waals surface area contributed by atoms with Crippen molar-refractivity contribution in [1.29, 1.82) is 0 Å². The molecule has 0 saturated carbocycles. The number of halogens is 4. The van der Waals surface area contributed by atoms with Crippen molar-refractivity contribution in [1.82, 2.24) is 20.1 Å². The first-order chi connectivity index (χ1) is 18.5. The van der Waals surface area contributed by atoms with E-state index in [0.717, 1.165) is 35.0 Å². The average molecular weight is 558 g/mol. The number of hydrogen-bond acceptors (Lipinski definition) is 5. The predicted molar refractivity (Wildman–Crippen MR) is 139 cm³/mol. The smallest absolute Gasteiger partial charge is 0.345 e. The molecular formula is C27H23F4N5O2S. The number of nitrogens with zero attached hydrogens (tertiary/aromatic N) is 3. The van der Waals surface area contributed by atoms with Crippen LogP contribution in [0.15, 0.2) is 71.9 Å². The Labute approximate surface area is 225 Å². The lowest BCUT2D eigenvalue weighted by molar-refractivity contribution is -0.138. The molecule has 12 heteroatoms. The Kier molecular flexibility index (Phi) is 8.34. The number of amides is 2. The molecule has 0 unspecified atom stereocenters. The number of aryl methyl sites for hydroxylation is 2. The van der Waals surface area contributed by atoms with Gasteiger partial charge in [0.2, 0.25) is 5.91 Å². The Bertz CT molecular complexity index is 1500. The minimum atomic E-state index is -4.69. The molecule has 4 rings (SSSR count). The maximum absolute atomic E-state index is 13.4. The minimum absolute atomic E-state index is 0.0499. The molecule has 0 aliphatic rings. The van der Waals surface area contributed by atoms with E-state index in [1.54, 1.807) is 4.57 Å². The van der Waals surface area contributed by atoms with Gasteiger partial charge in [-0.25, -0.2) is 4.39 Å². The van der Waals surface area contributed by atoms with E-state index < -0.39 is 29.0 Å². The monoisotopic (exact) mass is 557 g/mol. The summed E-state index contributed by atoms with van der Waals surface area (Å²) < 4.78 is 55.0. The predicted octanol–water partition coefficient (Wildman–Crippen LogP) is 5.70. The zero-order valence-corrected chi connectivity index (χ0v) is 21.7.